The number of benzene rings is 1. The van der Waals surface area contributed by atoms with E-state index in [1.807, 2.05) is 7.05 Å². The summed E-state index contributed by atoms with van der Waals surface area (Å²) in [5, 5.41) is 0. The van der Waals surface area contributed by atoms with E-state index < -0.39 is 0 Å². The van der Waals surface area contributed by atoms with Crippen LogP contribution in [0.3, 0.4) is 0 Å². The monoisotopic (exact) mass is 449 g/mol. The van der Waals surface area contributed by atoms with Gasteiger partial charge >= 0.3 is 0 Å². The van der Waals surface area contributed by atoms with Gasteiger partial charge in [-0.05, 0) is 29.7 Å². The third-order valence-corrected chi connectivity index (χ3v) is 6.65. The molecule has 0 amide bonds. The molecule has 0 unspecified atom stereocenters. The fourth-order valence-electron chi connectivity index (χ4n) is 4.33. The van der Waals surface area contributed by atoms with E-state index in [1.165, 1.54) is 107 Å². The minimum absolute atomic E-state index is 1.15. The van der Waals surface area contributed by atoms with Crippen LogP contribution in [-0.2, 0) is 7.05 Å². The highest BCUT2D eigenvalue weighted by Crippen LogP contribution is 2.17. The van der Waals surface area contributed by atoms with Crippen molar-refractivity contribution in [2.45, 2.75) is 96.8 Å². The van der Waals surface area contributed by atoms with Gasteiger partial charge in [0, 0.05) is 31.4 Å². The maximum Gasteiger partial charge on any atom is 0.169 e. The van der Waals surface area contributed by atoms with Crippen molar-refractivity contribution >= 4 is 17.8 Å². The molecule has 0 radical (unpaired) electrons. The molecule has 0 aliphatic carbocycles. The van der Waals surface area contributed by atoms with Crippen LogP contribution in [0.25, 0.3) is 12.2 Å². The Hall–Kier alpha value is -2.09. The summed E-state index contributed by atoms with van der Waals surface area (Å²) in [6.45, 7) is 3.44. The van der Waals surface area contributed by atoms with Gasteiger partial charge < -0.3 is 4.90 Å². The van der Waals surface area contributed by atoms with Crippen molar-refractivity contribution in [1.29, 1.82) is 0 Å². The van der Waals surface area contributed by atoms with E-state index >= 15 is 0 Å². The van der Waals surface area contributed by atoms with Crippen LogP contribution < -0.4 is 9.47 Å². The average Bonchev–Trinajstić information content (AvgIpc) is 2.84. The largest absolute Gasteiger partial charge is 0.375 e. The highest BCUT2D eigenvalue weighted by atomic mass is 15.1. The molecular weight excluding hydrogens is 400 g/mol. The Morgan fingerprint density at radius 2 is 1.03 bits per heavy atom. The summed E-state index contributed by atoms with van der Waals surface area (Å²) in [6, 6.07) is 13.2. The van der Waals surface area contributed by atoms with E-state index in [0.717, 1.165) is 6.54 Å². The minimum atomic E-state index is 1.15. The Morgan fingerprint density at radius 1 is 0.606 bits per heavy atom. The normalized spacial score (nSPS) is 11.4. The number of hydrogen-bond acceptors (Lipinski definition) is 1. The maximum atomic E-state index is 2.39. The predicted molar refractivity (Wildman–Crippen MR) is 147 cm³/mol. The molecule has 0 saturated carbocycles. The van der Waals surface area contributed by atoms with Crippen LogP contribution in [-0.4, -0.2) is 13.6 Å². The molecule has 2 heteroatoms. The van der Waals surface area contributed by atoms with Crippen molar-refractivity contribution in [3.8, 4) is 0 Å². The lowest BCUT2D eigenvalue weighted by atomic mass is 10.0. The zero-order valence-corrected chi connectivity index (χ0v) is 21.8. The highest BCUT2D eigenvalue weighted by Gasteiger charge is 2.01. The Bertz CT molecular complexity index is 745. The fraction of sp³-hybridized carbons (Fsp3) is 0.581. The van der Waals surface area contributed by atoms with Crippen LogP contribution >= 0.6 is 0 Å². The maximum absolute atomic E-state index is 2.39. The summed E-state index contributed by atoms with van der Waals surface area (Å²) in [6.07, 6.45) is 28.4. The minimum Gasteiger partial charge on any atom is -0.375 e. The number of nitrogens with zero attached hydrogens (tertiary/aromatic N) is 2. The van der Waals surface area contributed by atoms with Gasteiger partial charge in [-0.1, -0.05) is 115 Å². The second-order valence-electron chi connectivity index (χ2n) is 9.74. The Kier molecular flexibility index (Phi) is 14.3. The van der Waals surface area contributed by atoms with Crippen molar-refractivity contribution in [1.82, 2.24) is 0 Å². The second-order valence-corrected chi connectivity index (χ2v) is 9.74. The number of rotatable bonds is 18. The molecule has 1 aromatic heterocycles. The lowest BCUT2D eigenvalue weighted by Crippen LogP contribution is -2.25. The number of aryl methyl sites for hydroxylation is 1. The van der Waals surface area contributed by atoms with Crippen LogP contribution in [0.5, 0.6) is 0 Å². The number of aromatic nitrogens is 1. The van der Waals surface area contributed by atoms with Crippen molar-refractivity contribution < 1.29 is 4.57 Å². The first-order valence-corrected chi connectivity index (χ1v) is 13.6. The first kappa shape index (κ1) is 27.2. The molecule has 0 aliphatic rings. The van der Waals surface area contributed by atoms with E-state index in [1.54, 1.807) is 0 Å². The zero-order valence-electron chi connectivity index (χ0n) is 21.8. The fourth-order valence-corrected chi connectivity index (χ4v) is 4.33. The summed E-state index contributed by atoms with van der Waals surface area (Å²) in [4.78, 5) is 2.39. The third-order valence-electron chi connectivity index (χ3n) is 6.65. The zero-order chi connectivity index (χ0) is 23.6. The second kappa shape index (κ2) is 17.4. The van der Waals surface area contributed by atoms with Crippen LogP contribution in [0.1, 0.15) is 108 Å². The van der Waals surface area contributed by atoms with Crippen LogP contribution in [0.2, 0.25) is 0 Å². The van der Waals surface area contributed by atoms with Crippen LogP contribution in [0.4, 0.5) is 5.69 Å². The molecule has 0 spiro atoms. The van der Waals surface area contributed by atoms with E-state index in [0.29, 0.717) is 0 Å². The van der Waals surface area contributed by atoms with Crippen molar-refractivity contribution in [3.05, 3.63) is 59.9 Å². The van der Waals surface area contributed by atoms with Gasteiger partial charge in [0.2, 0.25) is 0 Å². The molecule has 2 nitrogen and oxygen atoms in total. The topological polar surface area (TPSA) is 7.12 Å². The predicted octanol–water partition coefficient (Wildman–Crippen LogP) is 8.60. The molecule has 0 N–H and O–H groups in total. The van der Waals surface area contributed by atoms with Crippen molar-refractivity contribution in [3.63, 3.8) is 0 Å². The Balaban J connectivity index is 1.49. The van der Waals surface area contributed by atoms with Gasteiger partial charge in [-0.15, -0.1) is 0 Å². The van der Waals surface area contributed by atoms with Crippen LogP contribution in [0.15, 0.2) is 48.8 Å². The molecule has 33 heavy (non-hydrogen) atoms. The van der Waals surface area contributed by atoms with E-state index in [2.05, 4.69) is 84.4 Å². The standard InChI is InChI=1S/C31H49N2/c1-4-5-6-7-8-9-10-11-12-13-14-15-16-17-26-33(3)31-22-20-29(21-23-31)18-19-30-24-27-32(2)28-25-30/h18-25,27-28H,4-17,26H2,1-3H3/q+1. The molecule has 1 heterocycles. The molecule has 0 bridgehead atoms. The molecule has 0 fully saturated rings. The van der Waals surface area contributed by atoms with Crippen molar-refractivity contribution in [2.24, 2.45) is 7.05 Å². The quantitative estimate of drug-likeness (QED) is 0.163. The molecule has 0 atom stereocenters. The van der Waals surface area contributed by atoms with Gasteiger partial charge in [-0.25, -0.2) is 4.57 Å². The highest BCUT2D eigenvalue weighted by molar-refractivity contribution is 5.70. The summed E-state index contributed by atoms with van der Waals surface area (Å²) in [5.41, 5.74) is 3.79. The number of hydrogen-bond donors (Lipinski definition) is 0. The Morgan fingerprint density at radius 3 is 1.52 bits per heavy atom. The molecule has 0 saturated heterocycles. The molecule has 2 aromatic rings. The Labute approximate surface area is 204 Å². The van der Waals surface area contributed by atoms with Gasteiger partial charge in [0.15, 0.2) is 12.4 Å². The van der Waals surface area contributed by atoms with Gasteiger partial charge in [0.1, 0.15) is 7.05 Å². The van der Waals surface area contributed by atoms with Gasteiger partial charge in [-0.3, -0.25) is 0 Å². The number of unbranched alkanes of at least 4 members (excludes halogenated alkanes) is 13. The van der Waals surface area contributed by atoms with E-state index in [-0.39, 0.29) is 0 Å². The molecule has 2 rings (SSSR count). The molecule has 1 aromatic carbocycles. The first-order valence-electron chi connectivity index (χ1n) is 13.6. The van der Waals surface area contributed by atoms with Crippen molar-refractivity contribution in [2.75, 3.05) is 18.5 Å². The van der Waals surface area contributed by atoms with Gasteiger partial charge in [0.05, 0.1) is 0 Å². The van der Waals surface area contributed by atoms with E-state index in [9.17, 15) is 0 Å². The van der Waals surface area contributed by atoms with Gasteiger partial charge in [0.25, 0.3) is 0 Å². The summed E-state index contributed by atoms with van der Waals surface area (Å²) in [5.74, 6) is 0. The summed E-state index contributed by atoms with van der Waals surface area (Å²) in [7, 11) is 4.26. The number of pyridine rings is 1. The lowest BCUT2D eigenvalue weighted by molar-refractivity contribution is -0.671. The third kappa shape index (κ3) is 12.7. The summed E-state index contributed by atoms with van der Waals surface area (Å²) >= 11 is 0. The molecule has 0 aliphatic heterocycles. The smallest absolute Gasteiger partial charge is 0.169 e. The molecular formula is C31H49N2+. The van der Waals surface area contributed by atoms with E-state index in [4.69, 9.17) is 0 Å². The first-order chi connectivity index (χ1) is 16.2. The average molecular weight is 450 g/mol. The lowest BCUT2D eigenvalue weighted by Gasteiger charge is -2.19. The van der Waals surface area contributed by atoms with Gasteiger partial charge in [-0.2, -0.15) is 0 Å². The number of anilines is 1. The molecule has 182 valence electrons. The SMILES string of the molecule is CCCCCCCCCCCCCCCCN(C)c1ccc(/C=C/c2cc[n+](C)cc2)cc1. The van der Waals surface area contributed by atoms with Crippen LogP contribution in [0, 0.1) is 0 Å². The summed E-state index contributed by atoms with van der Waals surface area (Å²) < 4.78 is 2.06.